The summed E-state index contributed by atoms with van der Waals surface area (Å²) in [6.07, 6.45) is 2.77. The van der Waals surface area contributed by atoms with E-state index in [0.717, 1.165) is 24.8 Å². The van der Waals surface area contributed by atoms with Crippen molar-refractivity contribution in [2.24, 2.45) is 0 Å². The minimum Gasteiger partial charge on any atom is -0.362 e. The second-order valence-corrected chi connectivity index (χ2v) is 4.45. The summed E-state index contributed by atoms with van der Waals surface area (Å²) in [4.78, 5) is 15.2. The molecule has 0 amide bonds. The van der Waals surface area contributed by atoms with E-state index in [1.807, 2.05) is 0 Å². The Morgan fingerprint density at radius 2 is 2.00 bits per heavy atom. The number of aromatic nitrogens is 1. The van der Waals surface area contributed by atoms with Gasteiger partial charge in [-0.3, -0.25) is 4.79 Å². The lowest BCUT2D eigenvalue weighted by molar-refractivity contribution is 0.0971. The van der Waals surface area contributed by atoms with Gasteiger partial charge in [0.1, 0.15) is 0 Å². The van der Waals surface area contributed by atoms with E-state index in [1.54, 1.807) is 0 Å². The molecular weight excluding hydrogens is 174 g/mol. The van der Waals surface area contributed by atoms with E-state index in [1.165, 1.54) is 17.0 Å². The van der Waals surface area contributed by atoms with Gasteiger partial charge in [0, 0.05) is 23.4 Å². The highest BCUT2D eigenvalue weighted by Gasteiger charge is 2.25. The summed E-state index contributed by atoms with van der Waals surface area (Å²) in [6, 6.07) is 0. The lowest BCUT2D eigenvalue weighted by atomic mass is 9.89. The van der Waals surface area contributed by atoms with Crippen LogP contribution in [0.5, 0.6) is 0 Å². The Labute approximate surface area is 84.7 Å². The van der Waals surface area contributed by atoms with Gasteiger partial charge in [0.2, 0.25) is 0 Å². The summed E-state index contributed by atoms with van der Waals surface area (Å²) >= 11 is 0. The van der Waals surface area contributed by atoms with Gasteiger partial charge in [0.25, 0.3) is 0 Å². The van der Waals surface area contributed by atoms with E-state index in [4.69, 9.17) is 0 Å². The molecule has 0 bridgehead atoms. The molecule has 2 nitrogen and oxygen atoms in total. The van der Waals surface area contributed by atoms with Crippen molar-refractivity contribution in [3.05, 3.63) is 22.5 Å². The summed E-state index contributed by atoms with van der Waals surface area (Å²) < 4.78 is 0. The first kappa shape index (κ1) is 9.50. The van der Waals surface area contributed by atoms with Crippen LogP contribution in [0.25, 0.3) is 0 Å². The van der Waals surface area contributed by atoms with Crippen molar-refractivity contribution in [3.8, 4) is 0 Å². The molecule has 0 atom stereocenters. The summed E-state index contributed by atoms with van der Waals surface area (Å²) in [7, 11) is 0. The summed E-state index contributed by atoms with van der Waals surface area (Å²) in [5.74, 6) is 0.774. The van der Waals surface area contributed by atoms with E-state index in [0.29, 0.717) is 11.7 Å². The second kappa shape index (κ2) is 3.26. The molecule has 1 aliphatic rings. The smallest absolute Gasteiger partial charge is 0.164 e. The molecule has 2 rings (SSSR count). The Balaban J connectivity index is 2.59. The second-order valence-electron chi connectivity index (χ2n) is 4.45. The molecule has 1 aliphatic carbocycles. The first-order valence-corrected chi connectivity index (χ1v) is 5.35. The third-order valence-corrected chi connectivity index (χ3v) is 3.00. The molecule has 1 aromatic heterocycles. The van der Waals surface area contributed by atoms with Crippen molar-refractivity contribution < 1.29 is 4.79 Å². The van der Waals surface area contributed by atoms with Crippen molar-refractivity contribution >= 4 is 5.78 Å². The Hall–Kier alpha value is -1.05. The van der Waals surface area contributed by atoms with E-state index in [2.05, 4.69) is 25.8 Å². The molecule has 0 unspecified atom stereocenters. The van der Waals surface area contributed by atoms with Crippen molar-refractivity contribution in [2.45, 2.75) is 46.0 Å². The standard InChI is InChI=1S/C12H17NO/c1-7(2)11-8(3)13-9-5-4-6-10(14)12(9)11/h7,13H,4-6H2,1-3H3. The van der Waals surface area contributed by atoms with Crippen molar-refractivity contribution in [3.63, 3.8) is 0 Å². The van der Waals surface area contributed by atoms with Crippen LogP contribution in [0.15, 0.2) is 0 Å². The highest BCUT2D eigenvalue weighted by Crippen LogP contribution is 2.31. The lowest BCUT2D eigenvalue weighted by Crippen LogP contribution is -2.11. The zero-order valence-corrected chi connectivity index (χ0v) is 9.11. The Morgan fingerprint density at radius 1 is 1.29 bits per heavy atom. The first-order valence-electron chi connectivity index (χ1n) is 5.35. The van der Waals surface area contributed by atoms with Crippen molar-refractivity contribution in [1.29, 1.82) is 0 Å². The zero-order chi connectivity index (χ0) is 10.3. The van der Waals surface area contributed by atoms with E-state index >= 15 is 0 Å². The van der Waals surface area contributed by atoms with Crippen LogP contribution in [-0.4, -0.2) is 10.8 Å². The van der Waals surface area contributed by atoms with E-state index in [-0.39, 0.29) is 0 Å². The monoisotopic (exact) mass is 191 g/mol. The Kier molecular flexibility index (Phi) is 2.22. The van der Waals surface area contributed by atoms with Gasteiger partial charge in [0.15, 0.2) is 5.78 Å². The van der Waals surface area contributed by atoms with Crippen molar-refractivity contribution in [2.75, 3.05) is 0 Å². The van der Waals surface area contributed by atoms with Crippen LogP contribution in [0.2, 0.25) is 0 Å². The fraction of sp³-hybridized carbons (Fsp3) is 0.583. The number of H-pyrrole nitrogens is 1. The van der Waals surface area contributed by atoms with Gasteiger partial charge in [-0.15, -0.1) is 0 Å². The summed E-state index contributed by atoms with van der Waals surface area (Å²) in [5.41, 5.74) is 4.59. The van der Waals surface area contributed by atoms with Crippen LogP contribution in [0, 0.1) is 6.92 Å². The molecule has 0 radical (unpaired) electrons. The SMILES string of the molecule is Cc1[nH]c2c(c1C(C)C)C(=O)CCC2. The van der Waals surface area contributed by atoms with Crippen LogP contribution in [-0.2, 0) is 6.42 Å². The highest BCUT2D eigenvalue weighted by atomic mass is 16.1. The number of rotatable bonds is 1. The van der Waals surface area contributed by atoms with Crippen LogP contribution >= 0.6 is 0 Å². The van der Waals surface area contributed by atoms with Gasteiger partial charge in [-0.05, 0) is 31.2 Å². The number of nitrogens with one attached hydrogen (secondary N) is 1. The number of hydrogen-bond acceptors (Lipinski definition) is 1. The molecule has 1 N–H and O–H groups in total. The molecule has 0 fully saturated rings. The Morgan fingerprint density at radius 3 is 2.64 bits per heavy atom. The molecule has 0 aromatic carbocycles. The number of Topliss-reactive ketones (excluding diaryl/α,β-unsaturated/α-hetero) is 1. The van der Waals surface area contributed by atoms with Gasteiger partial charge < -0.3 is 4.98 Å². The van der Waals surface area contributed by atoms with Crippen LogP contribution < -0.4 is 0 Å². The number of ketones is 1. The predicted octanol–water partition coefficient (Wildman–Crippen LogP) is 2.97. The van der Waals surface area contributed by atoms with Crippen LogP contribution in [0.4, 0.5) is 0 Å². The first-order chi connectivity index (χ1) is 6.61. The number of fused-ring (bicyclic) bond motifs is 1. The van der Waals surface area contributed by atoms with Crippen LogP contribution in [0.3, 0.4) is 0 Å². The van der Waals surface area contributed by atoms with Crippen molar-refractivity contribution in [1.82, 2.24) is 4.98 Å². The number of aryl methyl sites for hydroxylation is 2. The Bertz CT molecular complexity index is 374. The third-order valence-electron chi connectivity index (χ3n) is 3.00. The zero-order valence-electron chi connectivity index (χ0n) is 9.11. The molecule has 0 saturated heterocycles. The largest absolute Gasteiger partial charge is 0.362 e. The van der Waals surface area contributed by atoms with Gasteiger partial charge in [-0.2, -0.15) is 0 Å². The van der Waals surface area contributed by atoms with Gasteiger partial charge >= 0.3 is 0 Å². The number of hydrogen-bond donors (Lipinski definition) is 1. The van der Waals surface area contributed by atoms with Gasteiger partial charge in [0.05, 0.1) is 0 Å². The van der Waals surface area contributed by atoms with Gasteiger partial charge in [-0.25, -0.2) is 0 Å². The van der Waals surface area contributed by atoms with Crippen LogP contribution in [0.1, 0.15) is 59.9 Å². The topological polar surface area (TPSA) is 32.9 Å². The molecule has 1 aromatic rings. The highest BCUT2D eigenvalue weighted by molar-refractivity contribution is 6.00. The van der Waals surface area contributed by atoms with Gasteiger partial charge in [-0.1, -0.05) is 13.8 Å². The average molecular weight is 191 g/mol. The molecule has 0 spiro atoms. The normalized spacial score (nSPS) is 16.1. The molecule has 2 heteroatoms. The minimum absolute atomic E-state index is 0.333. The third kappa shape index (κ3) is 1.29. The molecular formula is C12H17NO. The maximum atomic E-state index is 11.8. The number of aromatic amines is 1. The van der Waals surface area contributed by atoms with E-state index in [9.17, 15) is 4.79 Å². The number of carbonyl (C=O) groups is 1. The summed E-state index contributed by atoms with van der Waals surface area (Å²) in [6.45, 7) is 6.37. The maximum absolute atomic E-state index is 11.8. The molecule has 14 heavy (non-hydrogen) atoms. The minimum atomic E-state index is 0.333. The fourth-order valence-electron chi connectivity index (χ4n) is 2.48. The quantitative estimate of drug-likeness (QED) is 0.727. The molecule has 0 saturated carbocycles. The predicted molar refractivity (Wildman–Crippen MR) is 56.9 cm³/mol. The molecule has 0 aliphatic heterocycles. The average Bonchev–Trinajstić information content (AvgIpc) is 2.42. The maximum Gasteiger partial charge on any atom is 0.164 e. The number of carbonyl (C=O) groups excluding carboxylic acids is 1. The fourth-order valence-corrected chi connectivity index (χ4v) is 2.48. The molecule has 1 heterocycles. The summed E-state index contributed by atoms with van der Waals surface area (Å²) in [5, 5.41) is 0. The lowest BCUT2D eigenvalue weighted by Gasteiger charge is -2.13. The van der Waals surface area contributed by atoms with E-state index < -0.39 is 0 Å². The molecule has 76 valence electrons.